The van der Waals surface area contributed by atoms with Gasteiger partial charge in [0.2, 0.25) is 0 Å². The standard InChI is InChI=1S/C16H25ClN2O2/c1-4-7-18-11-15-16(19(2)8-9-21-15)12-5-6-14(20-3)13(17)10-12/h5-6,10,15-16,18H,4,7-9,11H2,1-3H3. The third kappa shape index (κ3) is 4.10. The van der Waals surface area contributed by atoms with Crippen LogP contribution in [0.15, 0.2) is 18.2 Å². The maximum atomic E-state index is 6.27. The molecule has 21 heavy (non-hydrogen) atoms. The van der Waals surface area contributed by atoms with E-state index in [-0.39, 0.29) is 12.1 Å². The van der Waals surface area contributed by atoms with Crippen molar-refractivity contribution in [1.29, 1.82) is 0 Å². The number of nitrogens with zero attached hydrogens (tertiary/aromatic N) is 1. The highest BCUT2D eigenvalue weighted by Crippen LogP contribution is 2.33. The maximum absolute atomic E-state index is 6.27. The van der Waals surface area contributed by atoms with Gasteiger partial charge in [-0.3, -0.25) is 4.90 Å². The van der Waals surface area contributed by atoms with Crippen molar-refractivity contribution in [1.82, 2.24) is 10.2 Å². The van der Waals surface area contributed by atoms with E-state index >= 15 is 0 Å². The number of halogens is 1. The SMILES string of the molecule is CCCNCC1OCCN(C)C1c1ccc(OC)c(Cl)c1. The van der Waals surface area contributed by atoms with Crippen molar-refractivity contribution in [2.24, 2.45) is 0 Å². The number of ether oxygens (including phenoxy) is 2. The van der Waals surface area contributed by atoms with Crippen LogP contribution in [0.3, 0.4) is 0 Å². The van der Waals surface area contributed by atoms with E-state index in [1.165, 1.54) is 5.56 Å². The number of benzene rings is 1. The molecule has 2 unspecified atom stereocenters. The predicted molar refractivity (Wildman–Crippen MR) is 86.3 cm³/mol. The van der Waals surface area contributed by atoms with Crippen LogP contribution in [-0.2, 0) is 4.74 Å². The van der Waals surface area contributed by atoms with Gasteiger partial charge in [-0.1, -0.05) is 24.6 Å². The monoisotopic (exact) mass is 312 g/mol. The second-order valence-corrected chi connectivity index (χ2v) is 5.84. The van der Waals surface area contributed by atoms with E-state index in [9.17, 15) is 0 Å². The Kier molecular flexibility index (Phi) is 6.30. The minimum Gasteiger partial charge on any atom is -0.495 e. The maximum Gasteiger partial charge on any atom is 0.137 e. The molecule has 1 fully saturated rings. The van der Waals surface area contributed by atoms with E-state index in [1.54, 1.807) is 7.11 Å². The molecule has 1 aromatic carbocycles. The van der Waals surface area contributed by atoms with Crippen molar-refractivity contribution in [2.45, 2.75) is 25.5 Å². The lowest BCUT2D eigenvalue weighted by Gasteiger charge is -2.39. The second kappa shape index (κ2) is 7.99. The molecule has 0 bridgehead atoms. The van der Waals surface area contributed by atoms with Crippen LogP contribution in [-0.4, -0.2) is 51.4 Å². The summed E-state index contributed by atoms with van der Waals surface area (Å²) in [5, 5.41) is 4.10. The molecule has 0 spiro atoms. The van der Waals surface area contributed by atoms with Gasteiger partial charge in [-0.25, -0.2) is 0 Å². The van der Waals surface area contributed by atoms with E-state index in [0.717, 1.165) is 32.7 Å². The molecule has 2 rings (SSSR count). The molecule has 0 saturated carbocycles. The molecule has 1 aromatic rings. The molecule has 1 N–H and O–H groups in total. The van der Waals surface area contributed by atoms with E-state index < -0.39 is 0 Å². The molecule has 0 aliphatic carbocycles. The first-order chi connectivity index (χ1) is 10.2. The van der Waals surface area contributed by atoms with Crippen molar-refractivity contribution in [3.8, 4) is 5.75 Å². The normalized spacial score (nSPS) is 23.2. The fraction of sp³-hybridized carbons (Fsp3) is 0.625. The fourth-order valence-electron chi connectivity index (χ4n) is 2.79. The number of hydrogen-bond acceptors (Lipinski definition) is 4. The first-order valence-corrected chi connectivity index (χ1v) is 7.91. The van der Waals surface area contributed by atoms with Gasteiger partial charge in [0.1, 0.15) is 5.75 Å². The van der Waals surface area contributed by atoms with Crippen LogP contribution >= 0.6 is 11.6 Å². The van der Waals surface area contributed by atoms with E-state index in [0.29, 0.717) is 10.8 Å². The largest absolute Gasteiger partial charge is 0.495 e. The molecule has 0 aromatic heterocycles. The van der Waals surface area contributed by atoms with Crippen LogP contribution in [0.5, 0.6) is 5.75 Å². The molecule has 1 aliphatic rings. The average molecular weight is 313 g/mol. The summed E-state index contributed by atoms with van der Waals surface area (Å²) < 4.78 is 11.2. The molecule has 1 saturated heterocycles. The van der Waals surface area contributed by atoms with Crippen LogP contribution in [0.1, 0.15) is 24.9 Å². The van der Waals surface area contributed by atoms with Gasteiger partial charge >= 0.3 is 0 Å². The summed E-state index contributed by atoms with van der Waals surface area (Å²) in [5.41, 5.74) is 1.17. The van der Waals surface area contributed by atoms with E-state index in [2.05, 4.69) is 30.3 Å². The Morgan fingerprint density at radius 1 is 1.48 bits per heavy atom. The van der Waals surface area contributed by atoms with Gasteiger partial charge in [0, 0.05) is 13.1 Å². The number of likely N-dealkylation sites (N-methyl/N-ethyl adjacent to an activating group) is 1. The van der Waals surface area contributed by atoms with Crippen LogP contribution in [0.4, 0.5) is 0 Å². The van der Waals surface area contributed by atoms with Crippen molar-refractivity contribution >= 4 is 11.6 Å². The Bertz CT molecular complexity index is 456. The lowest BCUT2D eigenvalue weighted by Crippen LogP contribution is -2.47. The summed E-state index contributed by atoms with van der Waals surface area (Å²) in [6.07, 6.45) is 1.27. The Labute approximate surface area is 132 Å². The highest BCUT2D eigenvalue weighted by atomic mass is 35.5. The minimum absolute atomic E-state index is 0.139. The average Bonchev–Trinajstić information content (AvgIpc) is 2.47. The van der Waals surface area contributed by atoms with Gasteiger partial charge in [0.25, 0.3) is 0 Å². The summed E-state index contributed by atoms with van der Waals surface area (Å²) >= 11 is 6.27. The number of methoxy groups -OCH3 is 1. The van der Waals surface area contributed by atoms with Crippen LogP contribution in [0, 0.1) is 0 Å². The summed E-state index contributed by atoms with van der Waals surface area (Å²) in [5.74, 6) is 0.709. The zero-order valence-electron chi connectivity index (χ0n) is 13.1. The second-order valence-electron chi connectivity index (χ2n) is 5.43. The molecular weight excluding hydrogens is 288 g/mol. The third-order valence-electron chi connectivity index (χ3n) is 3.89. The number of morpholine rings is 1. The Morgan fingerprint density at radius 2 is 2.29 bits per heavy atom. The van der Waals surface area contributed by atoms with Gasteiger partial charge in [0.15, 0.2) is 0 Å². The minimum atomic E-state index is 0.139. The van der Waals surface area contributed by atoms with E-state index in [1.807, 2.05) is 12.1 Å². The van der Waals surface area contributed by atoms with Crippen molar-refractivity contribution in [2.75, 3.05) is 40.4 Å². The zero-order chi connectivity index (χ0) is 15.2. The lowest BCUT2D eigenvalue weighted by molar-refractivity contribution is -0.0612. The molecule has 5 heteroatoms. The molecule has 0 radical (unpaired) electrons. The molecule has 4 nitrogen and oxygen atoms in total. The number of rotatable bonds is 6. The highest BCUT2D eigenvalue weighted by molar-refractivity contribution is 6.32. The molecule has 118 valence electrons. The number of nitrogens with one attached hydrogen (secondary N) is 1. The molecule has 1 aliphatic heterocycles. The highest BCUT2D eigenvalue weighted by Gasteiger charge is 2.31. The van der Waals surface area contributed by atoms with Crippen molar-refractivity contribution in [3.05, 3.63) is 28.8 Å². The summed E-state index contributed by atoms with van der Waals surface area (Å²) in [7, 11) is 3.77. The van der Waals surface area contributed by atoms with Crippen molar-refractivity contribution in [3.63, 3.8) is 0 Å². The lowest BCUT2D eigenvalue weighted by atomic mass is 9.98. The first-order valence-electron chi connectivity index (χ1n) is 7.53. The smallest absolute Gasteiger partial charge is 0.137 e. The molecular formula is C16H25ClN2O2. The van der Waals surface area contributed by atoms with Gasteiger partial charge < -0.3 is 14.8 Å². The van der Waals surface area contributed by atoms with Gasteiger partial charge in [-0.05, 0) is 37.7 Å². The molecule has 1 heterocycles. The summed E-state index contributed by atoms with van der Waals surface area (Å²) in [6.45, 7) is 5.74. The molecule has 0 amide bonds. The zero-order valence-corrected chi connectivity index (χ0v) is 13.8. The third-order valence-corrected chi connectivity index (χ3v) is 4.19. The molecule has 2 atom stereocenters. The topological polar surface area (TPSA) is 33.7 Å². The quantitative estimate of drug-likeness (QED) is 0.819. The Balaban J connectivity index is 2.16. The van der Waals surface area contributed by atoms with Crippen LogP contribution in [0.2, 0.25) is 5.02 Å². The van der Waals surface area contributed by atoms with Crippen LogP contribution < -0.4 is 10.1 Å². The summed E-state index contributed by atoms with van der Waals surface area (Å²) in [6, 6.07) is 6.21. The fourth-order valence-corrected chi connectivity index (χ4v) is 3.06. The predicted octanol–water partition coefficient (Wildman–Crippen LogP) is 2.72. The van der Waals surface area contributed by atoms with Gasteiger partial charge in [-0.15, -0.1) is 0 Å². The van der Waals surface area contributed by atoms with Crippen LogP contribution in [0.25, 0.3) is 0 Å². The summed E-state index contributed by atoms with van der Waals surface area (Å²) in [4.78, 5) is 2.33. The van der Waals surface area contributed by atoms with Gasteiger partial charge in [-0.2, -0.15) is 0 Å². The van der Waals surface area contributed by atoms with Crippen molar-refractivity contribution < 1.29 is 9.47 Å². The van der Waals surface area contributed by atoms with E-state index in [4.69, 9.17) is 21.1 Å². The first kappa shape index (κ1) is 16.6. The van der Waals surface area contributed by atoms with Gasteiger partial charge in [0.05, 0.1) is 30.9 Å². The Hall–Kier alpha value is -0.810. The Morgan fingerprint density at radius 3 is 2.95 bits per heavy atom. The number of hydrogen-bond donors (Lipinski definition) is 1.